The van der Waals surface area contributed by atoms with Crippen LogP contribution < -0.4 is 0 Å². The summed E-state index contributed by atoms with van der Waals surface area (Å²) in [6.45, 7) is 9.24. The fourth-order valence-electron chi connectivity index (χ4n) is 14.2. The van der Waals surface area contributed by atoms with Gasteiger partial charge in [-0.2, -0.15) is 0 Å². The molecule has 0 aliphatic carbocycles. The van der Waals surface area contributed by atoms with Crippen molar-refractivity contribution in [3.63, 3.8) is 0 Å². The van der Waals surface area contributed by atoms with E-state index >= 15 is 0 Å². The largest absolute Gasteiger partial charge is 0.309 e. The van der Waals surface area contributed by atoms with Crippen LogP contribution in [0.1, 0.15) is 38.8 Å². The van der Waals surface area contributed by atoms with Crippen LogP contribution in [0.4, 0.5) is 0 Å². The zero-order valence-electron chi connectivity index (χ0n) is 48.4. The molecule has 0 saturated carbocycles. The van der Waals surface area contributed by atoms with Crippen LogP contribution in [-0.2, 0) is 12.8 Å². The van der Waals surface area contributed by atoms with E-state index in [9.17, 15) is 0 Å². The lowest BCUT2D eigenvalue weighted by Gasteiger charge is -2.18. The highest BCUT2D eigenvalue weighted by atomic mass is 15.0. The van der Waals surface area contributed by atoms with Crippen molar-refractivity contribution < 1.29 is 0 Å². The standard InChI is InChI=1S/C82H63N3/c1-52(2)44-54-28-38-75-69(46-54)71-48-58(32-40-77(71)83(75)62-20-10-6-11-21-62)60-34-42-79-73(50-60)74-51-61(59-33-41-78-72(49-59)70-47-55(45-53(3)4)29-39-76(70)84(78)63-22-12-7-13-23-63)35-43-80(74)85(79)64-36-30-57(31-37-64)82-67-26-16-14-24-65(67)81(56-18-8-5-9-19-56)66-25-15-17-27-68(66)82/h5-43,46-53H,44-45H2,1-4H3. The lowest BCUT2D eigenvalue weighted by atomic mass is 9.86. The number of benzene rings is 13. The molecule has 13 aromatic carbocycles. The van der Waals surface area contributed by atoms with E-state index in [1.807, 2.05) is 0 Å². The molecule has 16 aromatic rings. The van der Waals surface area contributed by atoms with Gasteiger partial charge in [0.1, 0.15) is 0 Å². The summed E-state index contributed by atoms with van der Waals surface area (Å²) in [5.74, 6) is 1.13. The van der Waals surface area contributed by atoms with Gasteiger partial charge in [0, 0.05) is 49.4 Å². The SMILES string of the molecule is CC(C)Cc1ccc2c(c1)c1cc(-c3ccc4c(c3)c3cc(-c5ccc6c(c5)c5cc(CC(C)C)ccc5n6-c5ccccc5)ccc3n4-c3ccc(-c4c5ccccc5c(-c5ccccc5)c5ccccc45)cc3)ccc1n2-c1ccccc1. The van der Waals surface area contributed by atoms with Crippen molar-refractivity contribution in [1.29, 1.82) is 0 Å². The van der Waals surface area contributed by atoms with Crippen LogP contribution in [0.25, 0.3) is 149 Å². The van der Waals surface area contributed by atoms with Crippen LogP contribution in [-0.4, -0.2) is 13.7 Å². The van der Waals surface area contributed by atoms with Crippen LogP contribution in [0.3, 0.4) is 0 Å². The first-order chi connectivity index (χ1) is 41.8. The van der Waals surface area contributed by atoms with Gasteiger partial charge in [-0.3, -0.25) is 0 Å². The Morgan fingerprint density at radius 1 is 0.224 bits per heavy atom. The molecule has 406 valence electrons. The minimum absolute atomic E-state index is 0.563. The van der Waals surface area contributed by atoms with Gasteiger partial charge < -0.3 is 13.7 Å². The third-order valence-corrected chi connectivity index (χ3v) is 17.8. The maximum absolute atomic E-state index is 2.48. The Kier molecular flexibility index (Phi) is 12.1. The van der Waals surface area contributed by atoms with Crippen molar-refractivity contribution in [2.45, 2.75) is 40.5 Å². The second-order valence-electron chi connectivity index (χ2n) is 24.3. The minimum atomic E-state index is 0.563. The Bertz CT molecular complexity index is 4980. The summed E-state index contributed by atoms with van der Waals surface area (Å²) in [4.78, 5) is 0. The van der Waals surface area contributed by atoms with Crippen LogP contribution in [0, 0.1) is 11.8 Å². The Labute approximate surface area is 495 Å². The molecule has 0 bridgehead atoms. The van der Waals surface area contributed by atoms with E-state index in [1.54, 1.807) is 0 Å². The van der Waals surface area contributed by atoms with Crippen molar-refractivity contribution in [3.8, 4) is 61.6 Å². The average Bonchev–Trinajstić information content (AvgIpc) is 1.94. The quantitative estimate of drug-likeness (QED) is 0.115. The molecule has 0 spiro atoms. The Morgan fingerprint density at radius 2 is 0.482 bits per heavy atom. The van der Waals surface area contributed by atoms with E-state index < -0.39 is 0 Å². The number of aromatic nitrogens is 3. The molecule has 3 aromatic heterocycles. The average molecular weight is 1090 g/mol. The number of fused-ring (bicyclic) bond motifs is 11. The summed E-state index contributed by atoms with van der Waals surface area (Å²) in [6, 6.07) is 102. The molecule has 0 aliphatic rings. The van der Waals surface area contributed by atoms with E-state index in [2.05, 4.69) is 314 Å². The van der Waals surface area contributed by atoms with Gasteiger partial charge >= 0.3 is 0 Å². The number of hydrogen-bond acceptors (Lipinski definition) is 0. The molecule has 16 rings (SSSR count). The predicted molar refractivity (Wildman–Crippen MR) is 363 cm³/mol. The molecule has 3 nitrogen and oxygen atoms in total. The highest BCUT2D eigenvalue weighted by Gasteiger charge is 2.22. The Balaban J connectivity index is 0.886. The lowest BCUT2D eigenvalue weighted by molar-refractivity contribution is 0.647. The summed E-state index contributed by atoms with van der Waals surface area (Å²) in [6.07, 6.45) is 2.08. The zero-order chi connectivity index (χ0) is 56.9. The van der Waals surface area contributed by atoms with E-state index in [0.717, 1.165) is 18.5 Å². The second-order valence-corrected chi connectivity index (χ2v) is 24.3. The molecule has 0 saturated heterocycles. The summed E-state index contributed by atoms with van der Waals surface area (Å²) < 4.78 is 7.35. The van der Waals surface area contributed by atoms with Gasteiger partial charge in [-0.1, -0.05) is 191 Å². The Morgan fingerprint density at radius 3 is 0.812 bits per heavy atom. The molecule has 3 heteroatoms. The highest BCUT2D eigenvalue weighted by molar-refractivity contribution is 6.22. The van der Waals surface area contributed by atoms with Crippen molar-refractivity contribution in [3.05, 3.63) is 284 Å². The third kappa shape index (κ3) is 8.48. The van der Waals surface area contributed by atoms with Gasteiger partial charge in [-0.05, 0) is 211 Å². The maximum atomic E-state index is 2.48. The van der Waals surface area contributed by atoms with Crippen molar-refractivity contribution >= 4 is 87.0 Å². The Hall–Kier alpha value is -10.2. The summed E-state index contributed by atoms with van der Waals surface area (Å²) in [5, 5.41) is 12.6. The topological polar surface area (TPSA) is 14.8 Å². The molecule has 0 unspecified atom stereocenters. The van der Waals surface area contributed by atoms with E-state index in [4.69, 9.17) is 0 Å². The van der Waals surface area contributed by atoms with Gasteiger partial charge in [-0.15, -0.1) is 0 Å². The van der Waals surface area contributed by atoms with Gasteiger partial charge in [-0.25, -0.2) is 0 Å². The van der Waals surface area contributed by atoms with Crippen LogP contribution in [0.5, 0.6) is 0 Å². The third-order valence-electron chi connectivity index (χ3n) is 17.8. The first-order valence-corrected chi connectivity index (χ1v) is 30.2. The van der Waals surface area contributed by atoms with Gasteiger partial charge in [0.2, 0.25) is 0 Å². The van der Waals surface area contributed by atoms with Crippen molar-refractivity contribution in [2.24, 2.45) is 11.8 Å². The van der Waals surface area contributed by atoms with Crippen LogP contribution >= 0.6 is 0 Å². The highest BCUT2D eigenvalue weighted by Crippen LogP contribution is 2.46. The molecule has 0 N–H and O–H groups in total. The summed E-state index contributed by atoms with van der Waals surface area (Å²) in [7, 11) is 0. The lowest BCUT2D eigenvalue weighted by Crippen LogP contribution is -1.95. The normalized spacial score (nSPS) is 12.1. The van der Waals surface area contributed by atoms with E-state index in [0.29, 0.717) is 11.8 Å². The fourth-order valence-corrected chi connectivity index (χ4v) is 14.2. The molecular formula is C82H63N3. The van der Waals surface area contributed by atoms with Crippen LogP contribution in [0.15, 0.2) is 273 Å². The molecule has 3 heterocycles. The summed E-state index contributed by atoms with van der Waals surface area (Å²) >= 11 is 0. The van der Waals surface area contributed by atoms with Gasteiger partial charge in [0.15, 0.2) is 0 Å². The van der Waals surface area contributed by atoms with Crippen LogP contribution in [0.2, 0.25) is 0 Å². The molecule has 0 radical (unpaired) electrons. The second kappa shape index (κ2) is 20.3. The van der Waals surface area contributed by atoms with Crippen molar-refractivity contribution in [1.82, 2.24) is 13.7 Å². The number of nitrogens with zero attached hydrogens (tertiary/aromatic N) is 3. The molecule has 0 aliphatic heterocycles. The number of hydrogen-bond donors (Lipinski definition) is 0. The van der Waals surface area contributed by atoms with Crippen molar-refractivity contribution in [2.75, 3.05) is 0 Å². The van der Waals surface area contributed by atoms with E-state index in [1.165, 1.54) is 154 Å². The first-order valence-electron chi connectivity index (χ1n) is 30.2. The first kappa shape index (κ1) is 50.5. The van der Waals surface area contributed by atoms with Gasteiger partial charge in [0.05, 0.1) is 33.1 Å². The molecule has 0 atom stereocenters. The molecule has 85 heavy (non-hydrogen) atoms. The smallest absolute Gasteiger partial charge is 0.0541 e. The molecular weight excluding hydrogens is 1030 g/mol. The predicted octanol–water partition coefficient (Wildman–Crippen LogP) is 22.3. The van der Waals surface area contributed by atoms with E-state index in [-0.39, 0.29) is 0 Å². The number of rotatable bonds is 11. The fraction of sp³-hybridized carbons (Fsp3) is 0.0976. The molecule has 0 amide bonds. The molecule has 0 fully saturated rings. The monoisotopic (exact) mass is 1090 g/mol. The van der Waals surface area contributed by atoms with Gasteiger partial charge in [0.25, 0.3) is 0 Å². The zero-order valence-corrected chi connectivity index (χ0v) is 48.4. The summed E-state index contributed by atoms with van der Waals surface area (Å²) in [5.41, 5.74) is 23.2. The number of para-hydroxylation sites is 2. The maximum Gasteiger partial charge on any atom is 0.0541 e. The minimum Gasteiger partial charge on any atom is -0.309 e.